The van der Waals surface area contributed by atoms with Crippen molar-refractivity contribution in [2.75, 3.05) is 39.3 Å². The van der Waals surface area contributed by atoms with E-state index in [0.717, 1.165) is 0 Å². The average molecular weight is 879 g/mol. The molecule has 2 aliphatic rings. The Morgan fingerprint density at radius 1 is 0.629 bits per heavy atom. The van der Waals surface area contributed by atoms with E-state index in [0.29, 0.717) is 32.1 Å². The number of carboxylic acid groups (broad SMARTS) is 1. The highest BCUT2D eigenvalue weighted by Gasteiger charge is 2.38. The predicted molar refractivity (Wildman–Crippen MR) is 228 cm³/mol. The molecule has 0 aromatic rings. The number of hydrogen-bond donors (Lipinski definition) is 10. The van der Waals surface area contributed by atoms with Crippen molar-refractivity contribution >= 4 is 59.2 Å². The fourth-order valence-electron chi connectivity index (χ4n) is 7.38. The summed E-state index contributed by atoms with van der Waals surface area (Å²) in [6.45, 7) is 10.6. The molecule has 13 N–H and O–H groups in total. The van der Waals surface area contributed by atoms with Crippen molar-refractivity contribution < 1.29 is 48.3 Å². The molecule has 22 nitrogen and oxygen atoms in total. The lowest BCUT2D eigenvalue weighted by atomic mass is 10.00. The van der Waals surface area contributed by atoms with E-state index >= 15 is 0 Å². The molecule has 0 saturated carbocycles. The molecule has 0 spiro atoms. The first-order valence-corrected chi connectivity index (χ1v) is 21.5. The number of nitrogens with two attached hydrogens (primary N) is 3. The molecule has 2 heterocycles. The van der Waals surface area contributed by atoms with Crippen molar-refractivity contribution in [2.45, 2.75) is 136 Å². The zero-order chi connectivity index (χ0) is 46.7. The summed E-state index contributed by atoms with van der Waals surface area (Å²) in [6, 6.07) is -6.13. The third-order valence-electron chi connectivity index (χ3n) is 10.4. The second-order valence-corrected chi connectivity index (χ2v) is 17.1. The Bertz CT molecular complexity index is 1620. The number of nitrogens with zero attached hydrogens (tertiary/aromatic N) is 3. The second kappa shape index (κ2) is 26.1. The van der Waals surface area contributed by atoms with Gasteiger partial charge in [-0.2, -0.15) is 0 Å². The van der Waals surface area contributed by atoms with E-state index in [1.54, 1.807) is 0 Å². The predicted octanol–water partition coefficient (Wildman–Crippen LogP) is -2.62. The minimum Gasteiger partial charge on any atom is -0.480 e. The maximum Gasteiger partial charge on any atom is 0.326 e. The van der Waals surface area contributed by atoms with E-state index in [9.17, 15) is 48.3 Å². The van der Waals surface area contributed by atoms with Crippen molar-refractivity contribution in [2.24, 2.45) is 39.9 Å². The summed E-state index contributed by atoms with van der Waals surface area (Å²) in [5.74, 6) is -6.10. The summed E-state index contributed by atoms with van der Waals surface area (Å²) in [5.41, 5.74) is 16.0. The van der Waals surface area contributed by atoms with Gasteiger partial charge in [0.15, 0.2) is 5.96 Å². The molecule has 8 amide bonds. The number of aliphatic carboxylic acids is 1. The number of nitrogens with one attached hydrogen (secondary N) is 6. The van der Waals surface area contributed by atoms with Crippen molar-refractivity contribution in [3.63, 3.8) is 0 Å². The van der Waals surface area contributed by atoms with Crippen LogP contribution < -0.4 is 49.1 Å². The van der Waals surface area contributed by atoms with Crippen LogP contribution in [0.4, 0.5) is 0 Å². The van der Waals surface area contributed by atoms with Crippen molar-refractivity contribution in [3.8, 4) is 0 Å². The highest BCUT2D eigenvalue weighted by atomic mass is 16.4. The Labute approximate surface area is 363 Å². The molecule has 0 aliphatic carbocycles. The van der Waals surface area contributed by atoms with Gasteiger partial charge in [0, 0.05) is 19.6 Å². The minimum atomic E-state index is -1.25. The normalized spacial score (nSPS) is 18.0. The first-order valence-electron chi connectivity index (χ1n) is 21.5. The topological polar surface area (TPSA) is 343 Å². The molecule has 350 valence electrons. The third kappa shape index (κ3) is 17.8. The Morgan fingerprint density at radius 3 is 1.45 bits per heavy atom. The van der Waals surface area contributed by atoms with Crippen LogP contribution in [0, 0.1) is 17.8 Å². The van der Waals surface area contributed by atoms with Gasteiger partial charge >= 0.3 is 5.97 Å². The number of carbonyl (C=O) groups is 9. The van der Waals surface area contributed by atoms with Crippen LogP contribution in [0.15, 0.2) is 4.99 Å². The molecule has 2 rings (SSSR count). The lowest BCUT2D eigenvalue weighted by Gasteiger charge is -2.28. The van der Waals surface area contributed by atoms with Gasteiger partial charge in [0.1, 0.15) is 36.3 Å². The number of carboxylic acids is 1. The van der Waals surface area contributed by atoms with E-state index in [1.807, 2.05) is 41.5 Å². The standard InChI is InChI=1S/C40H70N12O10/c1-22(2)16-26(49-36(58)28(18-24(5)6)47-31(53)19-41)34(56)45-20-33(55)52-15-9-12-30(52)38(60)50-27(17-23(3)4)35(57)46-21-32(54)51-14-8-11-29(51)37(59)48-25(39(61)62)10-7-13-44-40(42)43/h22-30H,7-21,41H2,1-6H3,(H,45,56)(H,46,57)(H,47,53)(H,48,59)(H,49,58)(H,50,60)(H,61,62)(H4,42,43,44)/t25-,26-,27-,28-,29-,30-/m0/s1. The zero-order valence-corrected chi connectivity index (χ0v) is 37.0. The zero-order valence-electron chi connectivity index (χ0n) is 37.0. The minimum absolute atomic E-state index is 0.0214. The van der Waals surface area contributed by atoms with Crippen LogP contribution in [0.5, 0.6) is 0 Å². The Balaban J connectivity index is 2.04. The summed E-state index contributed by atoms with van der Waals surface area (Å²) in [6.07, 6.45) is 2.67. The number of rotatable bonds is 25. The SMILES string of the molecule is CC(C)C[C@H](NC(=O)CN)C(=O)N[C@@H](CC(C)C)C(=O)NCC(=O)N1CCC[C@H]1C(=O)N[C@@H](CC(C)C)C(=O)NCC(=O)N1CCC[C@H]1C(=O)N[C@@H](CCCN=C(N)N)C(=O)O. The van der Waals surface area contributed by atoms with Gasteiger partial charge in [-0.1, -0.05) is 41.5 Å². The molecular weight excluding hydrogens is 809 g/mol. The molecule has 62 heavy (non-hydrogen) atoms. The molecule has 2 fully saturated rings. The number of likely N-dealkylation sites (tertiary alicyclic amines) is 2. The van der Waals surface area contributed by atoms with Crippen LogP contribution >= 0.6 is 0 Å². The van der Waals surface area contributed by atoms with Crippen molar-refractivity contribution in [3.05, 3.63) is 0 Å². The molecule has 22 heteroatoms. The van der Waals surface area contributed by atoms with Gasteiger partial charge in [-0.05, 0) is 75.5 Å². The van der Waals surface area contributed by atoms with Crippen LogP contribution in [0.1, 0.15) is 99.3 Å². The Kier molecular flexibility index (Phi) is 22.1. The largest absolute Gasteiger partial charge is 0.480 e. The lowest BCUT2D eigenvalue weighted by molar-refractivity contribution is -0.144. The van der Waals surface area contributed by atoms with Crippen LogP contribution in [0.2, 0.25) is 0 Å². The first-order chi connectivity index (χ1) is 29.1. The van der Waals surface area contributed by atoms with Crippen molar-refractivity contribution in [1.29, 1.82) is 0 Å². The van der Waals surface area contributed by atoms with Gasteiger partial charge < -0.3 is 64.0 Å². The monoisotopic (exact) mass is 879 g/mol. The molecule has 0 aromatic heterocycles. The van der Waals surface area contributed by atoms with Crippen LogP contribution in [0.3, 0.4) is 0 Å². The smallest absolute Gasteiger partial charge is 0.326 e. The summed E-state index contributed by atoms with van der Waals surface area (Å²) in [7, 11) is 0. The quantitative estimate of drug-likeness (QED) is 0.0255. The molecule has 6 atom stereocenters. The number of hydrogen-bond acceptors (Lipinski definition) is 11. The number of amides is 8. The third-order valence-corrected chi connectivity index (χ3v) is 10.4. The maximum absolute atomic E-state index is 13.7. The number of aliphatic imine (C=N–C) groups is 1. The second-order valence-electron chi connectivity index (χ2n) is 17.1. The molecule has 0 aromatic carbocycles. The van der Waals surface area contributed by atoms with Gasteiger partial charge in [-0.25, -0.2) is 4.79 Å². The molecular formula is C40H70N12O10. The van der Waals surface area contributed by atoms with Gasteiger partial charge in [-0.3, -0.25) is 43.3 Å². The van der Waals surface area contributed by atoms with Crippen LogP contribution in [-0.2, 0) is 43.2 Å². The van der Waals surface area contributed by atoms with E-state index < -0.39 is 103 Å². The van der Waals surface area contributed by atoms with Gasteiger partial charge in [0.05, 0.1) is 19.6 Å². The molecule has 0 unspecified atom stereocenters. The van der Waals surface area contributed by atoms with E-state index in [2.05, 4.69) is 36.9 Å². The van der Waals surface area contributed by atoms with Gasteiger partial charge in [0.25, 0.3) is 0 Å². The first kappa shape index (κ1) is 52.6. The molecule has 2 aliphatic heterocycles. The van der Waals surface area contributed by atoms with Gasteiger partial charge in [0.2, 0.25) is 47.3 Å². The lowest BCUT2D eigenvalue weighted by Crippen LogP contribution is -2.57. The maximum atomic E-state index is 13.7. The van der Waals surface area contributed by atoms with Gasteiger partial charge in [-0.15, -0.1) is 0 Å². The summed E-state index contributed by atoms with van der Waals surface area (Å²) in [4.78, 5) is 124. The van der Waals surface area contributed by atoms with Crippen molar-refractivity contribution in [1.82, 2.24) is 41.7 Å². The Morgan fingerprint density at radius 2 is 1.05 bits per heavy atom. The van der Waals surface area contributed by atoms with E-state index in [1.165, 1.54) is 9.80 Å². The molecule has 0 bridgehead atoms. The molecule has 2 saturated heterocycles. The van der Waals surface area contributed by atoms with Crippen LogP contribution in [-0.4, -0.2) is 150 Å². The average Bonchev–Trinajstić information content (AvgIpc) is 3.90. The summed E-state index contributed by atoms with van der Waals surface area (Å²) < 4.78 is 0. The Hall–Kier alpha value is -5.54. The fraction of sp³-hybridized carbons (Fsp3) is 0.750. The fourth-order valence-corrected chi connectivity index (χ4v) is 7.38. The van der Waals surface area contributed by atoms with E-state index in [-0.39, 0.29) is 75.6 Å². The number of carbonyl (C=O) groups excluding carboxylic acids is 8. The van der Waals surface area contributed by atoms with E-state index in [4.69, 9.17) is 17.2 Å². The summed E-state index contributed by atoms with van der Waals surface area (Å²) >= 11 is 0. The summed E-state index contributed by atoms with van der Waals surface area (Å²) in [5, 5.41) is 25.3. The highest BCUT2D eigenvalue weighted by molar-refractivity contribution is 5.97. The van der Waals surface area contributed by atoms with Crippen LogP contribution in [0.25, 0.3) is 0 Å². The highest BCUT2D eigenvalue weighted by Crippen LogP contribution is 2.20. The molecule has 0 radical (unpaired) electrons. The number of guanidine groups is 1.